The average Bonchev–Trinajstić information content (AvgIpc) is 3.87. The van der Waals surface area contributed by atoms with Gasteiger partial charge in [0, 0.05) is 60.2 Å². The number of hydrogen-bond acceptors (Lipinski definition) is 4. The van der Waals surface area contributed by atoms with Gasteiger partial charge in [-0.25, -0.2) is 0 Å². The number of fused-ring (bicyclic) bond motifs is 10. The molecule has 70 heavy (non-hydrogen) atoms. The zero-order chi connectivity index (χ0) is 49.3. The lowest BCUT2D eigenvalue weighted by Crippen LogP contribution is -2.58. The van der Waals surface area contributed by atoms with Crippen molar-refractivity contribution in [3.05, 3.63) is 155 Å². The smallest absolute Gasteiger partial charge is 0.416 e. The van der Waals surface area contributed by atoms with Crippen LogP contribution in [-0.2, 0) is 6.18 Å². The van der Waals surface area contributed by atoms with Gasteiger partial charge in [0.05, 0.1) is 27.6 Å². The van der Waals surface area contributed by atoms with Gasteiger partial charge in [0.1, 0.15) is 5.58 Å². The number of anilines is 4. The topological polar surface area (TPSA) is 19.6 Å². The van der Waals surface area contributed by atoms with E-state index in [0.717, 1.165) is 110 Å². The molecule has 2 aliphatic carbocycles. The summed E-state index contributed by atoms with van der Waals surface area (Å²) in [5.41, 5.74) is 7.30. The Morgan fingerprint density at radius 3 is 2.10 bits per heavy atom. The second-order valence-corrected chi connectivity index (χ2v) is 21.8. The van der Waals surface area contributed by atoms with Crippen LogP contribution in [-0.4, -0.2) is 11.7 Å². The number of halogens is 6. The fourth-order valence-electron chi connectivity index (χ4n) is 12.2. The molecule has 3 nitrogen and oxygen atoms in total. The lowest BCUT2D eigenvalue weighted by Gasteiger charge is -2.55. The van der Waals surface area contributed by atoms with Gasteiger partial charge in [-0.2, -0.15) is 26.3 Å². The van der Waals surface area contributed by atoms with Crippen LogP contribution in [0.1, 0.15) is 71.1 Å². The summed E-state index contributed by atoms with van der Waals surface area (Å²) in [7, 11) is 0. The monoisotopic (exact) mass is 964 g/mol. The minimum absolute atomic E-state index is 0.0248. The molecule has 0 aliphatic heterocycles. The van der Waals surface area contributed by atoms with Crippen LogP contribution < -0.4 is 9.80 Å². The molecular formula is C60H54F6N2OS. The van der Waals surface area contributed by atoms with Gasteiger partial charge in [0.2, 0.25) is 0 Å². The maximum absolute atomic E-state index is 14.8. The highest BCUT2D eigenvalue weighted by atomic mass is 32.1. The molecule has 358 valence electrons. The van der Waals surface area contributed by atoms with Crippen LogP contribution in [0.2, 0.25) is 0 Å². The van der Waals surface area contributed by atoms with E-state index >= 15 is 0 Å². The highest BCUT2D eigenvalue weighted by Gasteiger charge is 2.54. The van der Waals surface area contributed by atoms with Gasteiger partial charge < -0.3 is 14.2 Å². The summed E-state index contributed by atoms with van der Waals surface area (Å²) in [4.78, 5) is 4.48. The summed E-state index contributed by atoms with van der Waals surface area (Å²) in [6.07, 6.45) is -3.87. The molecule has 1 fully saturated rings. The number of benzene rings is 7. The number of thiophene rings is 1. The number of furan rings is 1. The predicted octanol–water partition coefficient (Wildman–Crippen LogP) is 19.3. The maximum Gasteiger partial charge on any atom is 0.416 e. The first-order valence-corrected chi connectivity index (χ1v) is 25.0. The third-order valence-corrected chi connectivity index (χ3v) is 17.0. The number of nitrogens with zero attached hydrogens (tertiary/aromatic N) is 2. The van der Waals surface area contributed by atoms with Gasteiger partial charge >= 0.3 is 12.4 Å². The van der Waals surface area contributed by atoms with Crippen molar-refractivity contribution in [1.82, 2.24) is 0 Å². The average molecular weight is 965 g/mol. The normalized spacial score (nSPS) is 22.4. The fraction of sp³-hybridized carbons (Fsp3) is 0.300. The molecule has 0 spiro atoms. The Morgan fingerprint density at radius 2 is 1.39 bits per heavy atom. The molecule has 0 amide bonds. The number of hydrogen-bond donors (Lipinski definition) is 0. The summed E-state index contributed by atoms with van der Waals surface area (Å²) in [6, 6.07) is 36.6. The van der Waals surface area contributed by atoms with Gasteiger partial charge in [0.25, 0.3) is 0 Å². The minimum Gasteiger partial charge on any atom is -0.455 e. The molecule has 0 N–H and O–H groups in total. The van der Waals surface area contributed by atoms with Crippen LogP contribution in [0.5, 0.6) is 0 Å². The molecule has 6 unspecified atom stereocenters. The van der Waals surface area contributed by atoms with Crippen LogP contribution in [0, 0.1) is 43.4 Å². The van der Waals surface area contributed by atoms with Gasteiger partial charge in [-0.1, -0.05) is 87.9 Å². The summed E-state index contributed by atoms with van der Waals surface area (Å²) >= 11 is 1.68. The highest BCUT2D eigenvalue weighted by Crippen LogP contribution is 2.57. The largest absolute Gasteiger partial charge is 0.455 e. The first-order valence-electron chi connectivity index (χ1n) is 24.2. The third-order valence-electron chi connectivity index (χ3n) is 15.9. The zero-order valence-corrected chi connectivity index (χ0v) is 41.2. The zero-order valence-electron chi connectivity index (χ0n) is 40.4. The van der Waals surface area contributed by atoms with Crippen molar-refractivity contribution >= 4 is 97.7 Å². The Balaban J connectivity index is 1.21. The molecule has 1 saturated carbocycles. The third kappa shape index (κ3) is 7.46. The van der Waals surface area contributed by atoms with Gasteiger partial charge in [-0.05, 0) is 158 Å². The first kappa shape index (κ1) is 46.1. The van der Waals surface area contributed by atoms with Crippen LogP contribution in [0.3, 0.4) is 0 Å². The molecule has 0 radical (unpaired) electrons. The van der Waals surface area contributed by atoms with Crippen molar-refractivity contribution in [1.29, 1.82) is 0 Å². The first-order chi connectivity index (χ1) is 33.2. The molecule has 11 rings (SSSR count). The van der Waals surface area contributed by atoms with Crippen molar-refractivity contribution in [3.63, 3.8) is 0 Å². The van der Waals surface area contributed by atoms with E-state index in [1.807, 2.05) is 56.0 Å². The van der Waals surface area contributed by atoms with Crippen molar-refractivity contribution in [2.24, 2.45) is 29.6 Å². The standard InChI is InChI=1S/C60H54F6N2OS/c1-32-22-33(2)25-43(24-32)67(42-19-17-41(18-20-42)59(61,62)63)49-15-11-13-40-28-46-47-29-51(55-54-44-14-10-9-12-39(44)16-21-53(54)70-57(55)56(47)69-52(46)30-45(40)49)68(50-26-34(3)23-35(4)38(50)7)58(8)31-36(5)48(27-37(58)6)60(64,65)66/h9-26,28-30,35-38,48H,27,31H2,1-8H3. The quantitative estimate of drug-likeness (QED) is 0.155. The van der Waals surface area contributed by atoms with Crippen LogP contribution >= 0.6 is 11.3 Å². The molecule has 9 aromatic rings. The van der Waals surface area contributed by atoms with E-state index in [-0.39, 0.29) is 24.2 Å². The van der Waals surface area contributed by atoms with E-state index in [4.69, 9.17) is 4.42 Å². The van der Waals surface area contributed by atoms with Crippen LogP contribution in [0.25, 0.3) is 63.7 Å². The molecule has 2 aliphatic rings. The van der Waals surface area contributed by atoms with E-state index in [1.165, 1.54) is 12.1 Å². The van der Waals surface area contributed by atoms with E-state index < -0.39 is 35.3 Å². The molecule has 0 bridgehead atoms. The fourth-order valence-corrected chi connectivity index (χ4v) is 13.4. The number of rotatable bonds is 6. The van der Waals surface area contributed by atoms with Crippen molar-refractivity contribution in [3.8, 4) is 0 Å². The Kier molecular flexibility index (Phi) is 10.8. The molecule has 7 aromatic carbocycles. The number of alkyl halides is 6. The molecule has 2 heterocycles. The molecule has 6 atom stereocenters. The van der Waals surface area contributed by atoms with Crippen molar-refractivity contribution < 1.29 is 30.8 Å². The second kappa shape index (κ2) is 16.4. The molecule has 0 saturated heterocycles. The van der Waals surface area contributed by atoms with Gasteiger partial charge in [-0.3, -0.25) is 0 Å². The summed E-state index contributed by atoms with van der Waals surface area (Å²) in [6.45, 7) is 16.6. The lowest BCUT2D eigenvalue weighted by molar-refractivity contribution is -0.202. The lowest BCUT2D eigenvalue weighted by atomic mass is 9.64. The second-order valence-electron chi connectivity index (χ2n) is 20.7. The highest BCUT2D eigenvalue weighted by molar-refractivity contribution is 7.27. The Hall–Kier alpha value is -6.26. The summed E-state index contributed by atoms with van der Waals surface area (Å²) < 4.78 is 95.2. The van der Waals surface area contributed by atoms with E-state index in [9.17, 15) is 26.3 Å². The van der Waals surface area contributed by atoms with Crippen LogP contribution in [0.15, 0.2) is 143 Å². The minimum atomic E-state index is -4.49. The Labute approximate surface area is 407 Å². The van der Waals surface area contributed by atoms with Gasteiger partial charge in [0.15, 0.2) is 5.58 Å². The van der Waals surface area contributed by atoms with E-state index in [1.54, 1.807) is 18.3 Å². The molecule has 10 heteroatoms. The SMILES string of the molecule is CC1=CC(C)C(C)C(N(c2cc3c4cc5cccc(N(c6ccc(C(F)(F)F)cc6)c6cc(C)cc(C)c6)c5cc4oc3c3sc4ccc5ccccc5c4c23)C2(C)CC(C)C(C(F)(F)F)CC2C)=C1. The Morgan fingerprint density at radius 1 is 0.671 bits per heavy atom. The summed E-state index contributed by atoms with van der Waals surface area (Å²) in [5.74, 6) is -2.09. The van der Waals surface area contributed by atoms with E-state index in [2.05, 4.69) is 105 Å². The van der Waals surface area contributed by atoms with Gasteiger partial charge in [-0.15, -0.1) is 11.3 Å². The van der Waals surface area contributed by atoms with E-state index in [0.29, 0.717) is 17.7 Å². The molecular weight excluding hydrogens is 911 g/mol. The van der Waals surface area contributed by atoms with Crippen LogP contribution in [0.4, 0.5) is 49.1 Å². The predicted molar refractivity (Wildman–Crippen MR) is 279 cm³/mol. The molecule has 2 aromatic heterocycles. The maximum atomic E-state index is 14.8. The van der Waals surface area contributed by atoms with Crippen molar-refractivity contribution in [2.45, 2.75) is 86.1 Å². The van der Waals surface area contributed by atoms with Crippen molar-refractivity contribution in [2.75, 3.05) is 9.80 Å². The number of allylic oxidation sites excluding steroid dienone is 4. The number of aryl methyl sites for hydroxylation is 2. The summed E-state index contributed by atoms with van der Waals surface area (Å²) in [5, 5.41) is 7.84. The Bertz CT molecular complexity index is 3610.